The molecule has 3 heterocycles. The number of Topliss-reactive ketones (excluding diaryl/α,β-unsaturated/α-hetero) is 1. The summed E-state index contributed by atoms with van der Waals surface area (Å²) in [4.78, 5) is 31.9. The molecule has 1 aromatic carbocycles. The van der Waals surface area contributed by atoms with Crippen LogP contribution in [0.15, 0.2) is 76.4 Å². The van der Waals surface area contributed by atoms with Gasteiger partial charge in [-0.05, 0) is 41.8 Å². The van der Waals surface area contributed by atoms with Crippen molar-refractivity contribution in [2.24, 2.45) is 0 Å². The number of thiophene rings is 1. The van der Waals surface area contributed by atoms with Crippen molar-refractivity contribution in [3.05, 3.63) is 86.8 Å². The van der Waals surface area contributed by atoms with Gasteiger partial charge in [0.2, 0.25) is 0 Å². The lowest BCUT2D eigenvalue weighted by Crippen LogP contribution is -2.29. The zero-order chi connectivity index (χ0) is 19.0. The van der Waals surface area contributed by atoms with Gasteiger partial charge >= 0.3 is 0 Å². The summed E-state index contributed by atoms with van der Waals surface area (Å²) in [7, 11) is 0. The van der Waals surface area contributed by atoms with Crippen molar-refractivity contribution < 1.29 is 14.7 Å². The second-order valence-corrected chi connectivity index (χ2v) is 7.80. The minimum absolute atomic E-state index is 0.0774. The van der Waals surface area contributed by atoms with Crippen molar-refractivity contribution in [2.75, 3.05) is 4.90 Å². The molecular formula is C20H13BrN2O3S. The Labute approximate surface area is 167 Å². The predicted octanol–water partition coefficient (Wildman–Crippen LogP) is 4.53. The molecule has 4 rings (SSSR count). The molecule has 1 N–H and O–H groups in total. The molecule has 7 heteroatoms. The van der Waals surface area contributed by atoms with E-state index in [0.29, 0.717) is 11.3 Å². The second-order valence-electron chi connectivity index (χ2n) is 5.90. The summed E-state index contributed by atoms with van der Waals surface area (Å²) in [6, 6.07) is 13.4. The fraction of sp³-hybridized carbons (Fsp3) is 0.0500. The van der Waals surface area contributed by atoms with E-state index in [1.54, 1.807) is 30.3 Å². The van der Waals surface area contributed by atoms with Gasteiger partial charge in [0.05, 0.1) is 5.57 Å². The van der Waals surface area contributed by atoms with Crippen molar-refractivity contribution >= 4 is 50.4 Å². The number of benzene rings is 1. The summed E-state index contributed by atoms with van der Waals surface area (Å²) in [5, 5.41) is 12.7. The van der Waals surface area contributed by atoms with Crippen LogP contribution in [-0.2, 0) is 9.59 Å². The van der Waals surface area contributed by atoms with E-state index in [9.17, 15) is 14.7 Å². The Morgan fingerprint density at radius 2 is 1.89 bits per heavy atom. The zero-order valence-electron chi connectivity index (χ0n) is 13.9. The average molecular weight is 441 g/mol. The number of ketones is 1. The van der Waals surface area contributed by atoms with E-state index >= 15 is 0 Å². The summed E-state index contributed by atoms with van der Waals surface area (Å²) in [6.45, 7) is 0. The van der Waals surface area contributed by atoms with Gasteiger partial charge in [-0.1, -0.05) is 28.1 Å². The number of carbonyl (C=O) groups is 2. The molecule has 0 aliphatic carbocycles. The van der Waals surface area contributed by atoms with Gasteiger partial charge in [-0.2, -0.15) is 0 Å². The summed E-state index contributed by atoms with van der Waals surface area (Å²) >= 11 is 4.83. The molecule has 1 aliphatic heterocycles. The summed E-state index contributed by atoms with van der Waals surface area (Å²) < 4.78 is 0.793. The number of carbonyl (C=O) groups excluding carboxylic acids is 2. The molecular weight excluding hydrogens is 428 g/mol. The number of aliphatic hydroxyl groups excluding tert-OH is 1. The van der Waals surface area contributed by atoms with Gasteiger partial charge in [0, 0.05) is 33.0 Å². The standard InChI is InChI=1S/C20H13BrN2O3S/c21-13-3-1-4-14(11-13)23-17(15-5-2-10-27-15)16(19(25)20(23)26)18(24)12-6-8-22-9-7-12/h1-11,17,24H/b18-16-. The Bertz CT molecular complexity index is 1050. The number of pyridine rings is 1. The third-order valence-corrected chi connectivity index (χ3v) is 5.72. The second kappa shape index (κ2) is 7.09. The molecule has 2 aromatic heterocycles. The molecule has 1 saturated heterocycles. The Morgan fingerprint density at radius 3 is 2.56 bits per heavy atom. The normalized spacial score (nSPS) is 18.9. The van der Waals surface area contributed by atoms with Crippen LogP contribution in [0.2, 0.25) is 0 Å². The molecule has 134 valence electrons. The Hall–Kier alpha value is -2.77. The van der Waals surface area contributed by atoms with Crippen LogP contribution >= 0.6 is 27.3 Å². The number of rotatable bonds is 3. The van der Waals surface area contributed by atoms with Crippen LogP contribution in [-0.4, -0.2) is 21.8 Å². The van der Waals surface area contributed by atoms with Crippen molar-refractivity contribution in [1.29, 1.82) is 0 Å². The van der Waals surface area contributed by atoms with Crippen LogP contribution in [0.4, 0.5) is 5.69 Å². The minimum Gasteiger partial charge on any atom is -0.507 e. The maximum absolute atomic E-state index is 12.9. The van der Waals surface area contributed by atoms with E-state index in [1.165, 1.54) is 28.6 Å². The molecule has 3 aromatic rings. The Kier molecular flexibility index (Phi) is 4.63. The number of anilines is 1. The average Bonchev–Trinajstić information content (AvgIpc) is 3.29. The molecule has 0 saturated carbocycles. The number of amides is 1. The van der Waals surface area contributed by atoms with Gasteiger partial charge in [0.1, 0.15) is 11.8 Å². The lowest BCUT2D eigenvalue weighted by atomic mass is 10.0. The third kappa shape index (κ3) is 3.09. The van der Waals surface area contributed by atoms with Gasteiger partial charge in [0.15, 0.2) is 0 Å². The number of hydrogen-bond donors (Lipinski definition) is 1. The molecule has 1 aliphatic rings. The number of halogens is 1. The molecule has 1 atom stereocenters. The summed E-state index contributed by atoms with van der Waals surface area (Å²) in [6.07, 6.45) is 3.05. The van der Waals surface area contributed by atoms with Crippen LogP contribution in [0.3, 0.4) is 0 Å². The molecule has 5 nitrogen and oxygen atoms in total. The van der Waals surface area contributed by atoms with Crippen LogP contribution in [0.25, 0.3) is 5.76 Å². The highest BCUT2D eigenvalue weighted by Gasteiger charge is 2.47. The van der Waals surface area contributed by atoms with Crippen LogP contribution in [0.5, 0.6) is 0 Å². The fourth-order valence-corrected chi connectivity index (χ4v) is 4.32. The minimum atomic E-state index is -0.706. The fourth-order valence-electron chi connectivity index (χ4n) is 3.11. The van der Waals surface area contributed by atoms with E-state index in [-0.39, 0.29) is 11.3 Å². The van der Waals surface area contributed by atoms with Crippen LogP contribution in [0, 0.1) is 0 Å². The van der Waals surface area contributed by atoms with Gasteiger partial charge in [-0.15, -0.1) is 11.3 Å². The van der Waals surface area contributed by atoms with Crippen molar-refractivity contribution in [3.63, 3.8) is 0 Å². The van der Waals surface area contributed by atoms with Crippen molar-refractivity contribution in [1.82, 2.24) is 4.98 Å². The Balaban J connectivity index is 1.94. The smallest absolute Gasteiger partial charge is 0.300 e. The largest absolute Gasteiger partial charge is 0.507 e. The quantitative estimate of drug-likeness (QED) is 0.368. The zero-order valence-corrected chi connectivity index (χ0v) is 16.3. The summed E-state index contributed by atoms with van der Waals surface area (Å²) in [5.74, 6) is -1.57. The SMILES string of the molecule is O=C1C(=O)N(c2cccc(Br)c2)C(c2cccs2)/C1=C(/O)c1ccncc1. The third-order valence-electron chi connectivity index (χ3n) is 4.30. The number of aliphatic hydroxyl groups is 1. The highest BCUT2D eigenvalue weighted by Crippen LogP contribution is 2.43. The number of aromatic nitrogens is 1. The van der Waals surface area contributed by atoms with E-state index < -0.39 is 17.7 Å². The maximum atomic E-state index is 12.9. The predicted molar refractivity (Wildman–Crippen MR) is 107 cm³/mol. The van der Waals surface area contributed by atoms with Crippen LogP contribution in [0.1, 0.15) is 16.5 Å². The maximum Gasteiger partial charge on any atom is 0.300 e. The first-order valence-electron chi connectivity index (χ1n) is 8.08. The molecule has 1 unspecified atom stereocenters. The highest BCUT2D eigenvalue weighted by atomic mass is 79.9. The molecule has 1 fully saturated rings. The van der Waals surface area contributed by atoms with Gasteiger partial charge < -0.3 is 5.11 Å². The number of nitrogens with zero attached hydrogens (tertiary/aromatic N) is 2. The molecule has 27 heavy (non-hydrogen) atoms. The summed E-state index contributed by atoms with van der Waals surface area (Å²) in [5.41, 5.74) is 1.10. The van der Waals surface area contributed by atoms with Gasteiger partial charge in [0.25, 0.3) is 11.7 Å². The van der Waals surface area contributed by atoms with E-state index in [2.05, 4.69) is 20.9 Å². The lowest BCUT2D eigenvalue weighted by Gasteiger charge is -2.24. The van der Waals surface area contributed by atoms with Crippen LogP contribution < -0.4 is 4.90 Å². The van der Waals surface area contributed by atoms with Crippen molar-refractivity contribution in [3.8, 4) is 0 Å². The molecule has 0 spiro atoms. The monoisotopic (exact) mass is 440 g/mol. The first kappa shape index (κ1) is 17.6. The first-order chi connectivity index (χ1) is 13.1. The van der Waals surface area contributed by atoms with E-state index in [0.717, 1.165) is 9.35 Å². The molecule has 0 radical (unpaired) electrons. The molecule has 0 bridgehead atoms. The van der Waals surface area contributed by atoms with Crippen molar-refractivity contribution in [2.45, 2.75) is 6.04 Å². The number of hydrogen-bond acceptors (Lipinski definition) is 5. The van der Waals surface area contributed by atoms with E-state index in [4.69, 9.17) is 0 Å². The molecule has 1 amide bonds. The first-order valence-corrected chi connectivity index (χ1v) is 9.75. The van der Waals surface area contributed by atoms with Gasteiger partial charge in [-0.3, -0.25) is 19.5 Å². The highest BCUT2D eigenvalue weighted by molar-refractivity contribution is 9.10. The van der Waals surface area contributed by atoms with Gasteiger partial charge in [-0.25, -0.2) is 0 Å². The lowest BCUT2D eigenvalue weighted by molar-refractivity contribution is -0.132. The Morgan fingerprint density at radius 1 is 1.11 bits per heavy atom. The van der Waals surface area contributed by atoms with E-state index in [1.807, 2.05) is 23.6 Å². The topological polar surface area (TPSA) is 70.5 Å².